The van der Waals surface area contributed by atoms with Gasteiger partial charge in [-0.3, -0.25) is 4.79 Å². The summed E-state index contributed by atoms with van der Waals surface area (Å²) < 4.78 is 33.5. The van der Waals surface area contributed by atoms with Crippen molar-refractivity contribution >= 4 is 39.1 Å². The average Bonchev–Trinajstić information content (AvgIpc) is 3.70. The number of amides is 1. The third-order valence-corrected chi connectivity index (χ3v) is 9.62. The van der Waals surface area contributed by atoms with Gasteiger partial charge in [0.05, 0.1) is 23.8 Å². The summed E-state index contributed by atoms with van der Waals surface area (Å²) >= 11 is 12.5. The molecule has 4 atom stereocenters. The molecule has 1 aliphatic carbocycles. The Bertz CT molecular complexity index is 1240. The number of rotatable bonds is 9. The van der Waals surface area contributed by atoms with Crippen LogP contribution in [0.2, 0.25) is 10.0 Å². The monoisotopic (exact) mass is 549 g/mol. The number of benzene rings is 2. The molecule has 0 bridgehead atoms. The predicted octanol–water partition coefficient (Wildman–Crippen LogP) is 5.12. The van der Waals surface area contributed by atoms with Gasteiger partial charge in [-0.15, -0.1) is 0 Å². The Morgan fingerprint density at radius 3 is 2.42 bits per heavy atom. The highest BCUT2D eigenvalue weighted by atomic mass is 35.5. The van der Waals surface area contributed by atoms with E-state index >= 15 is 0 Å². The smallest absolute Gasteiger partial charge is 0.253 e. The summed E-state index contributed by atoms with van der Waals surface area (Å²) in [5, 5.41) is 10.2. The molecule has 0 N–H and O–H groups in total. The Hall–Kier alpha value is -2.15. The second kappa shape index (κ2) is 11.1. The second-order valence-corrected chi connectivity index (χ2v) is 12.5. The van der Waals surface area contributed by atoms with Crippen LogP contribution in [0, 0.1) is 11.3 Å². The minimum absolute atomic E-state index is 0.119. The molecule has 36 heavy (non-hydrogen) atoms. The fourth-order valence-corrected chi connectivity index (χ4v) is 6.70. The van der Waals surface area contributed by atoms with E-state index in [1.807, 2.05) is 31.2 Å². The predicted molar refractivity (Wildman–Crippen MR) is 139 cm³/mol. The molecule has 0 unspecified atom stereocenters. The number of carbonyl (C=O) groups excluding carboxylic acids is 1. The molecule has 7 nitrogen and oxygen atoms in total. The topological polar surface area (TPSA) is 90.7 Å². The van der Waals surface area contributed by atoms with Crippen LogP contribution in [-0.2, 0) is 19.6 Å². The van der Waals surface area contributed by atoms with Gasteiger partial charge in [0.25, 0.3) is 5.91 Å². The van der Waals surface area contributed by atoms with Crippen molar-refractivity contribution in [2.45, 2.75) is 62.1 Å². The number of nitriles is 1. The lowest BCUT2D eigenvalue weighted by Crippen LogP contribution is -2.57. The number of morpholine rings is 1. The zero-order chi connectivity index (χ0) is 26.0. The fraction of sp³-hybridized carbons (Fsp3) is 0.462. The fourth-order valence-electron chi connectivity index (χ4n) is 4.76. The van der Waals surface area contributed by atoms with E-state index in [0.29, 0.717) is 29.3 Å². The van der Waals surface area contributed by atoms with E-state index in [-0.39, 0.29) is 24.1 Å². The minimum Gasteiger partial charge on any atom is -0.357 e. The summed E-state index contributed by atoms with van der Waals surface area (Å²) in [6, 6.07) is 15.5. The lowest BCUT2D eigenvalue weighted by Gasteiger charge is -2.48. The maximum absolute atomic E-state index is 13.8. The number of sulfonamides is 1. The number of nitrogens with zero attached hydrogens (tertiary/aromatic N) is 3. The summed E-state index contributed by atoms with van der Waals surface area (Å²) in [6.07, 6.45) is 0.110. The van der Waals surface area contributed by atoms with E-state index in [1.165, 1.54) is 4.31 Å². The van der Waals surface area contributed by atoms with E-state index in [0.717, 1.165) is 11.1 Å². The van der Waals surface area contributed by atoms with Crippen molar-refractivity contribution in [3.63, 3.8) is 0 Å². The highest BCUT2D eigenvalue weighted by Crippen LogP contribution is 2.45. The maximum atomic E-state index is 13.8. The van der Waals surface area contributed by atoms with Gasteiger partial charge in [-0.2, -0.15) is 5.26 Å². The molecule has 1 saturated carbocycles. The molecule has 2 fully saturated rings. The Balaban J connectivity index is 1.81. The van der Waals surface area contributed by atoms with Gasteiger partial charge in [0, 0.05) is 29.7 Å². The number of likely N-dealkylation sites (N-methyl/N-ethyl adjacent to an activating group) is 1. The molecule has 10 heteroatoms. The van der Waals surface area contributed by atoms with Crippen molar-refractivity contribution in [1.82, 2.24) is 9.21 Å². The van der Waals surface area contributed by atoms with E-state index in [4.69, 9.17) is 27.9 Å². The first-order valence-corrected chi connectivity index (χ1v) is 14.2. The molecule has 0 aromatic heterocycles. The number of hydrogen-bond acceptors (Lipinski definition) is 5. The third-order valence-electron chi connectivity index (χ3n) is 6.81. The molecule has 0 radical (unpaired) electrons. The summed E-state index contributed by atoms with van der Waals surface area (Å²) in [5.41, 5.74) is 1.55. The Morgan fingerprint density at radius 2 is 1.83 bits per heavy atom. The molecule has 2 aromatic carbocycles. The number of halogens is 2. The van der Waals surface area contributed by atoms with Gasteiger partial charge in [0.2, 0.25) is 10.0 Å². The van der Waals surface area contributed by atoms with Gasteiger partial charge in [-0.25, -0.2) is 12.7 Å². The summed E-state index contributed by atoms with van der Waals surface area (Å²) in [6.45, 7) is 2.07. The lowest BCUT2D eigenvalue weighted by molar-refractivity contribution is -0.179. The lowest BCUT2D eigenvalue weighted by atomic mass is 9.89. The summed E-state index contributed by atoms with van der Waals surface area (Å²) in [7, 11) is -1.86. The number of hydrogen-bond donors (Lipinski definition) is 0. The van der Waals surface area contributed by atoms with Crippen molar-refractivity contribution in [1.29, 1.82) is 5.26 Å². The van der Waals surface area contributed by atoms with Crippen LogP contribution in [0.15, 0.2) is 48.5 Å². The van der Waals surface area contributed by atoms with Gasteiger partial charge >= 0.3 is 0 Å². The summed E-state index contributed by atoms with van der Waals surface area (Å²) in [5.74, 6) is -0.334. The van der Waals surface area contributed by atoms with E-state index in [1.54, 1.807) is 36.2 Å². The van der Waals surface area contributed by atoms with Crippen LogP contribution in [0.4, 0.5) is 0 Å². The zero-order valence-corrected chi connectivity index (χ0v) is 22.5. The second-order valence-electron chi connectivity index (χ2n) is 9.29. The molecule has 1 amide bonds. The van der Waals surface area contributed by atoms with Crippen LogP contribution in [-0.4, -0.2) is 54.5 Å². The van der Waals surface area contributed by atoms with E-state index in [9.17, 15) is 18.5 Å². The van der Waals surface area contributed by atoms with Crippen molar-refractivity contribution in [2.75, 3.05) is 13.6 Å². The van der Waals surface area contributed by atoms with Crippen LogP contribution < -0.4 is 0 Å². The van der Waals surface area contributed by atoms with Crippen LogP contribution in [0.5, 0.6) is 0 Å². The van der Waals surface area contributed by atoms with Crippen molar-refractivity contribution in [2.24, 2.45) is 0 Å². The molecule has 0 spiro atoms. The van der Waals surface area contributed by atoms with E-state index < -0.39 is 34.3 Å². The van der Waals surface area contributed by atoms with Crippen LogP contribution >= 0.6 is 23.2 Å². The van der Waals surface area contributed by atoms with Gasteiger partial charge < -0.3 is 9.64 Å². The van der Waals surface area contributed by atoms with Crippen LogP contribution in [0.1, 0.15) is 55.9 Å². The van der Waals surface area contributed by atoms with Gasteiger partial charge in [0.15, 0.2) is 0 Å². The Labute approximate surface area is 222 Å². The highest BCUT2D eigenvalue weighted by molar-refractivity contribution is 7.90. The SMILES string of the molecule is CC[C@@H](CN(C)S(=O)(=O)C1CC1)N1C(=O)[C@@H](CC#N)O[C@H](c2cccc(Cl)c2)[C@H]1c1ccc(Cl)cc1. The highest BCUT2D eigenvalue weighted by Gasteiger charge is 2.47. The third kappa shape index (κ3) is 5.56. The van der Waals surface area contributed by atoms with Gasteiger partial charge in [-0.05, 0) is 54.7 Å². The molecule has 1 saturated heterocycles. The summed E-state index contributed by atoms with van der Waals surface area (Å²) in [4.78, 5) is 15.5. The Kier molecular flexibility index (Phi) is 8.28. The molecule has 4 rings (SSSR count). The number of ether oxygens (including phenoxy) is 1. The standard InChI is InChI=1S/C26H29Cl2N3O4S/c1-3-21(16-30(2)36(33,34)22-11-12-22)31-24(17-7-9-19(27)10-8-17)25(18-5-4-6-20(28)15-18)35-23(13-14-29)26(31)32/h4-10,15,21-25H,3,11-13,16H2,1-2H3/t21-,23+,24+,25+/m0/s1. The first-order valence-electron chi connectivity index (χ1n) is 12.0. The molecule has 2 aliphatic rings. The normalized spacial score (nSPS) is 23.5. The van der Waals surface area contributed by atoms with Crippen molar-refractivity contribution < 1.29 is 17.9 Å². The quantitative estimate of drug-likeness (QED) is 0.433. The molecule has 1 aliphatic heterocycles. The molecule has 192 valence electrons. The first-order chi connectivity index (χ1) is 17.2. The van der Waals surface area contributed by atoms with Crippen molar-refractivity contribution in [3.05, 3.63) is 69.7 Å². The minimum atomic E-state index is -3.43. The first kappa shape index (κ1) is 26.9. The van der Waals surface area contributed by atoms with Gasteiger partial charge in [0.1, 0.15) is 12.2 Å². The van der Waals surface area contributed by atoms with Crippen molar-refractivity contribution in [3.8, 4) is 6.07 Å². The largest absolute Gasteiger partial charge is 0.357 e. The average molecular weight is 551 g/mol. The maximum Gasteiger partial charge on any atom is 0.253 e. The van der Waals surface area contributed by atoms with Crippen LogP contribution in [0.25, 0.3) is 0 Å². The van der Waals surface area contributed by atoms with E-state index in [2.05, 4.69) is 6.07 Å². The number of carbonyl (C=O) groups is 1. The molecular formula is C26H29Cl2N3O4S. The molecule has 2 aromatic rings. The van der Waals surface area contributed by atoms with Crippen LogP contribution in [0.3, 0.4) is 0 Å². The molecule has 1 heterocycles. The Morgan fingerprint density at radius 1 is 1.14 bits per heavy atom. The van der Waals surface area contributed by atoms with Gasteiger partial charge in [-0.1, -0.05) is 54.4 Å². The molecular weight excluding hydrogens is 521 g/mol. The zero-order valence-electron chi connectivity index (χ0n) is 20.2.